The summed E-state index contributed by atoms with van der Waals surface area (Å²) in [5, 5.41) is 10.7. The van der Waals surface area contributed by atoms with Crippen molar-refractivity contribution in [1.29, 1.82) is 0 Å². The zero-order chi connectivity index (χ0) is 29.0. The van der Waals surface area contributed by atoms with Crippen LogP contribution in [0.4, 0.5) is 11.4 Å². The number of nitrogens with zero attached hydrogens (tertiary/aromatic N) is 3. The molecule has 2 amide bonds. The van der Waals surface area contributed by atoms with Gasteiger partial charge >= 0.3 is 0 Å². The van der Waals surface area contributed by atoms with Crippen molar-refractivity contribution in [3.8, 4) is 11.4 Å². The Morgan fingerprint density at radius 2 is 1.61 bits per heavy atom. The van der Waals surface area contributed by atoms with E-state index in [-0.39, 0.29) is 23.1 Å². The zero-order valence-electron chi connectivity index (χ0n) is 23.5. The Kier molecular flexibility index (Phi) is 8.52. The number of hydrogen-bond donors (Lipinski definition) is 2. The number of rotatable bonds is 7. The second-order valence-corrected chi connectivity index (χ2v) is 11.9. The van der Waals surface area contributed by atoms with Crippen LogP contribution in [-0.4, -0.2) is 39.9 Å². The number of carbonyl (C=O) groups is 2. The van der Waals surface area contributed by atoms with E-state index in [1.165, 1.54) is 5.56 Å². The molecule has 3 aromatic carbocycles. The van der Waals surface area contributed by atoms with E-state index in [1.54, 1.807) is 18.2 Å². The minimum Gasteiger partial charge on any atom is -0.338 e. The average molecular weight is 572 g/mol. The van der Waals surface area contributed by atoms with Crippen LogP contribution in [0, 0.1) is 5.92 Å². The quantitative estimate of drug-likeness (QED) is 0.253. The number of piperidine rings is 1. The second-order valence-electron chi connectivity index (χ2n) is 11.4. The maximum Gasteiger partial charge on any atom is 0.255 e. The van der Waals surface area contributed by atoms with Gasteiger partial charge in [0.2, 0.25) is 17.6 Å². The molecule has 0 bridgehead atoms. The number of hydrogen-bond acceptors (Lipinski definition) is 6. The lowest BCUT2D eigenvalue weighted by Crippen LogP contribution is -2.37. The number of carbonyl (C=O) groups excluding carboxylic acids is 2. The molecule has 1 aromatic heterocycles. The van der Waals surface area contributed by atoms with Gasteiger partial charge in [-0.05, 0) is 91.5 Å². The molecule has 9 heteroatoms. The Morgan fingerprint density at radius 3 is 2.27 bits per heavy atom. The van der Waals surface area contributed by atoms with Gasteiger partial charge in [-0.1, -0.05) is 55.7 Å². The van der Waals surface area contributed by atoms with Gasteiger partial charge in [0.25, 0.3) is 5.91 Å². The molecular formula is C32H34ClN5O3. The summed E-state index contributed by atoms with van der Waals surface area (Å²) in [4.78, 5) is 32.5. The highest BCUT2D eigenvalue weighted by Crippen LogP contribution is 2.25. The standard InChI is InChI=1S/C32H34ClN5O3/c1-32(2,3)24-11-7-22(8-12-24)30(39)34-26-5-4-6-27(19-26)35-31(40)23-15-17-38(18-16-23)20-28-36-29(37-41-28)21-9-13-25(33)14-10-21/h4-14,19,23H,15-18,20H2,1-3H3,(H,34,39)(H,35,40). The van der Waals surface area contributed by atoms with Crippen molar-refractivity contribution in [3.05, 3.63) is 94.8 Å². The fraction of sp³-hybridized carbons (Fsp3) is 0.312. The highest BCUT2D eigenvalue weighted by atomic mass is 35.5. The maximum atomic E-state index is 13.0. The molecule has 2 heterocycles. The molecule has 2 N–H and O–H groups in total. The molecule has 1 aliphatic rings. The predicted octanol–water partition coefficient (Wildman–Crippen LogP) is 6.79. The average Bonchev–Trinajstić information content (AvgIpc) is 3.42. The summed E-state index contributed by atoms with van der Waals surface area (Å²) in [6.45, 7) is 8.46. The number of amides is 2. The van der Waals surface area contributed by atoms with Crippen molar-refractivity contribution >= 4 is 34.8 Å². The van der Waals surface area contributed by atoms with Crippen LogP contribution in [0.5, 0.6) is 0 Å². The fourth-order valence-corrected chi connectivity index (χ4v) is 4.95. The van der Waals surface area contributed by atoms with Crippen LogP contribution in [0.3, 0.4) is 0 Å². The molecule has 41 heavy (non-hydrogen) atoms. The van der Waals surface area contributed by atoms with Crippen LogP contribution in [0.15, 0.2) is 77.3 Å². The number of benzene rings is 3. The normalized spacial score (nSPS) is 14.5. The predicted molar refractivity (Wildman–Crippen MR) is 161 cm³/mol. The highest BCUT2D eigenvalue weighted by molar-refractivity contribution is 6.30. The first-order valence-electron chi connectivity index (χ1n) is 13.8. The zero-order valence-corrected chi connectivity index (χ0v) is 24.2. The Balaban J connectivity index is 1.11. The van der Waals surface area contributed by atoms with E-state index in [0.29, 0.717) is 40.2 Å². The number of aromatic nitrogens is 2. The van der Waals surface area contributed by atoms with Crippen LogP contribution in [0.1, 0.15) is 55.4 Å². The lowest BCUT2D eigenvalue weighted by atomic mass is 9.87. The summed E-state index contributed by atoms with van der Waals surface area (Å²) in [5.41, 5.74) is 3.90. The first-order valence-corrected chi connectivity index (χ1v) is 14.2. The van der Waals surface area contributed by atoms with Gasteiger partial charge in [-0.25, -0.2) is 0 Å². The molecule has 0 unspecified atom stereocenters. The van der Waals surface area contributed by atoms with E-state index < -0.39 is 0 Å². The van der Waals surface area contributed by atoms with E-state index in [0.717, 1.165) is 31.5 Å². The fourth-order valence-electron chi connectivity index (χ4n) is 4.82. The smallest absolute Gasteiger partial charge is 0.255 e. The third-order valence-electron chi connectivity index (χ3n) is 7.29. The van der Waals surface area contributed by atoms with Crippen molar-refractivity contribution in [1.82, 2.24) is 15.0 Å². The number of anilines is 2. The molecule has 0 aliphatic carbocycles. The van der Waals surface area contributed by atoms with Crippen LogP contribution >= 0.6 is 11.6 Å². The summed E-state index contributed by atoms with van der Waals surface area (Å²) in [7, 11) is 0. The number of nitrogens with one attached hydrogen (secondary N) is 2. The van der Waals surface area contributed by atoms with Crippen molar-refractivity contribution in [3.63, 3.8) is 0 Å². The topological polar surface area (TPSA) is 100 Å². The third-order valence-corrected chi connectivity index (χ3v) is 7.54. The molecule has 1 fully saturated rings. The summed E-state index contributed by atoms with van der Waals surface area (Å²) >= 11 is 5.96. The minimum atomic E-state index is -0.192. The molecule has 1 saturated heterocycles. The van der Waals surface area contributed by atoms with Gasteiger partial charge in [0, 0.05) is 33.4 Å². The van der Waals surface area contributed by atoms with Gasteiger partial charge in [0.15, 0.2) is 0 Å². The van der Waals surface area contributed by atoms with E-state index in [4.69, 9.17) is 16.1 Å². The van der Waals surface area contributed by atoms with E-state index >= 15 is 0 Å². The van der Waals surface area contributed by atoms with Crippen LogP contribution < -0.4 is 10.6 Å². The minimum absolute atomic E-state index is 0.0197. The van der Waals surface area contributed by atoms with Crippen molar-refractivity contribution in [2.24, 2.45) is 5.92 Å². The molecule has 212 valence electrons. The molecule has 0 saturated carbocycles. The first kappa shape index (κ1) is 28.5. The summed E-state index contributed by atoms with van der Waals surface area (Å²) in [6.07, 6.45) is 1.45. The maximum absolute atomic E-state index is 13.0. The van der Waals surface area contributed by atoms with Crippen LogP contribution in [0.2, 0.25) is 5.02 Å². The van der Waals surface area contributed by atoms with Crippen LogP contribution in [-0.2, 0) is 16.8 Å². The molecule has 0 radical (unpaired) electrons. The largest absolute Gasteiger partial charge is 0.338 e. The van der Waals surface area contributed by atoms with Gasteiger partial charge in [-0.15, -0.1) is 0 Å². The molecule has 0 spiro atoms. The van der Waals surface area contributed by atoms with E-state index in [2.05, 4.69) is 46.4 Å². The SMILES string of the molecule is CC(C)(C)c1ccc(C(=O)Nc2cccc(NC(=O)C3CCN(Cc4nc(-c5ccc(Cl)cc5)no4)CC3)c2)cc1. The van der Waals surface area contributed by atoms with Gasteiger partial charge in [-0.2, -0.15) is 4.98 Å². The lowest BCUT2D eigenvalue weighted by molar-refractivity contribution is -0.121. The Morgan fingerprint density at radius 1 is 0.951 bits per heavy atom. The molecule has 8 nitrogen and oxygen atoms in total. The summed E-state index contributed by atoms with van der Waals surface area (Å²) in [5.74, 6) is 0.763. The monoisotopic (exact) mass is 571 g/mol. The number of likely N-dealkylation sites (tertiary alicyclic amines) is 1. The molecule has 5 rings (SSSR count). The van der Waals surface area contributed by atoms with Crippen LogP contribution in [0.25, 0.3) is 11.4 Å². The molecule has 1 aliphatic heterocycles. The molecule has 0 atom stereocenters. The molecular weight excluding hydrogens is 538 g/mol. The van der Waals surface area contributed by atoms with E-state index in [1.807, 2.05) is 54.6 Å². The second kappa shape index (κ2) is 12.2. The lowest BCUT2D eigenvalue weighted by Gasteiger charge is -2.30. The van der Waals surface area contributed by atoms with Gasteiger partial charge in [0.1, 0.15) is 0 Å². The Labute approximate surface area is 245 Å². The third kappa shape index (κ3) is 7.39. The number of halogens is 1. The van der Waals surface area contributed by atoms with Gasteiger partial charge in [0.05, 0.1) is 6.54 Å². The summed E-state index contributed by atoms with van der Waals surface area (Å²) < 4.78 is 5.45. The van der Waals surface area contributed by atoms with Gasteiger partial charge < -0.3 is 15.2 Å². The molecule has 4 aromatic rings. The van der Waals surface area contributed by atoms with Crippen molar-refractivity contribution in [2.75, 3.05) is 23.7 Å². The van der Waals surface area contributed by atoms with Crippen molar-refractivity contribution in [2.45, 2.75) is 45.6 Å². The summed E-state index contributed by atoms with van der Waals surface area (Å²) in [6, 6.07) is 22.2. The van der Waals surface area contributed by atoms with E-state index in [9.17, 15) is 9.59 Å². The highest BCUT2D eigenvalue weighted by Gasteiger charge is 2.26. The van der Waals surface area contributed by atoms with Gasteiger partial charge in [-0.3, -0.25) is 14.5 Å². The first-order chi connectivity index (χ1) is 19.6. The van der Waals surface area contributed by atoms with Crippen molar-refractivity contribution < 1.29 is 14.1 Å². The Hall–Kier alpha value is -4.01. The Bertz CT molecular complexity index is 1500.